The highest BCUT2D eigenvalue weighted by molar-refractivity contribution is 7.91. The lowest BCUT2D eigenvalue weighted by atomic mass is 9.77. The Morgan fingerprint density at radius 2 is 1.27 bits per heavy atom. The Balaban J connectivity index is 0.000000210. The van der Waals surface area contributed by atoms with Crippen LogP contribution in [0.3, 0.4) is 0 Å². The molecule has 0 spiro atoms. The van der Waals surface area contributed by atoms with E-state index >= 15 is 0 Å². The number of rotatable bonds is 9. The van der Waals surface area contributed by atoms with Crippen molar-refractivity contribution in [3.8, 4) is 0 Å². The van der Waals surface area contributed by atoms with E-state index in [-0.39, 0.29) is 41.8 Å². The molecular formula is C41H60O10S. The van der Waals surface area contributed by atoms with Gasteiger partial charge in [-0.1, -0.05) is 50.3 Å². The summed E-state index contributed by atoms with van der Waals surface area (Å²) in [4.78, 5) is 35.1. The molecule has 0 radical (unpaired) electrons. The van der Waals surface area contributed by atoms with E-state index in [1.807, 2.05) is 45.9 Å². The Kier molecular flexibility index (Phi) is 15.1. The highest BCUT2D eigenvalue weighted by atomic mass is 32.2. The molecule has 0 aromatic heterocycles. The third-order valence-electron chi connectivity index (χ3n) is 10.1. The zero-order chi connectivity index (χ0) is 38.9. The number of hydrogen-bond donors (Lipinski definition) is 0. The van der Waals surface area contributed by atoms with E-state index in [9.17, 15) is 22.8 Å². The Morgan fingerprint density at radius 3 is 1.75 bits per heavy atom. The van der Waals surface area contributed by atoms with Crippen LogP contribution in [0.1, 0.15) is 106 Å². The topological polar surface area (TPSA) is 132 Å². The maximum atomic E-state index is 11.8. The van der Waals surface area contributed by atoms with Gasteiger partial charge in [0, 0.05) is 41.9 Å². The molecule has 5 aliphatic rings. The van der Waals surface area contributed by atoms with Crippen LogP contribution in [0.15, 0.2) is 72.4 Å². The molecule has 5 rings (SSSR count). The van der Waals surface area contributed by atoms with Crippen LogP contribution in [0.4, 0.5) is 0 Å². The third kappa shape index (κ3) is 11.1. The second kappa shape index (κ2) is 18.2. The van der Waals surface area contributed by atoms with Crippen molar-refractivity contribution in [1.82, 2.24) is 0 Å². The number of esters is 3. The average Bonchev–Trinajstić information content (AvgIpc) is 3.77. The first-order valence-electron chi connectivity index (χ1n) is 18.4. The van der Waals surface area contributed by atoms with Crippen LogP contribution in [-0.2, 0) is 47.9 Å². The monoisotopic (exact) mass is 744 g/mol. The Morgan fingerprint density at radius 1 is 0.731 bits per heavy atom. The third-order valence-corrected chi connectivity index (χ3v) is 11.7. The second-order valence-electron chi connectivity index (χ2n) is 15.1. The summed E-state index contributed by atoms with van der Waals surface area (Å²) in [6.45, 7) is 24.0. The normalized spacial score (nSPS) is 30.8. The molecule has 6 unspecified atom stereocenters. The molecule has 4 saturated heterocycles. The minimum Gasteiger partial charge on any atom is -0.451 e. The van der Waals surface area contributed by atoms with Gasteiger partial charge in [0.15, 0.2) is 21.0 Å². The molecule has 0 aromatic carbocycles. The van der Waals surface area contributed by atoms with Crippen molar-refractivity contribution in [1.29, 1.82) is 0 Å². The molecule has 4 aliphatic heterocycles. The number of carbonyl (C=O) groups excluding carboxylic acids is 3. The second-order valence-corrected chi connectivity index (χ2v) is 17.4. The highest BCUT2D eigenvalue weighted by Crippen LogP contribution is 2.46. The molecule has 52 heavy (non-hydrogen) atoms. The molecule has 11 heteroatoms. The van der Waals surface area contributed by atoms with Gasteiger partial charge in [-0.15, -0.1) is 0 Å². The van der Waals surface area contributed by atoms with Crippen LogP contribution in [0, 0.1) is 5.92 Å². The smallest absolute Gasteiger partial charge is 0.334 e. The maximum Gasteiger partial charge on any atom is 0.334 e. The van der Waals surface area contributed by atoms with E-state index < -0.39 is 32.6 Å². The highest BCUT2D eigenvalue weighted by Gasteiger charge is 2.54. The summed E-state index contributed by atoms with van der Waals surface area (Å²) in [6, 6.07) is 0. The molecule has 1 saturated carbocycles. The van der Waals surface area contributed by atoms with Crippen LogP contribution in [0.25, 0.3) is 0 Å². The van der Waals surface area contributed by atoms with Crippen molar-refractivity contribution in [3.63, 3.8) is 0 Å². The summed E-state index contributed by atoms with van der Waals surface area (Å²) in [5.74, 6) is -0.698. The van der Waals surface area contributed by atoms with Crippen molar-refractivity contribution in [2.75, 3.05) is 18.1 Å². The predicted molar refractivity (Wildman–Crippen MR) is 202 cm³/mol. The van der Waals surface area contributed by atoms with Crippen LogP contribution >= 0.6 is 0 Å². The summed E-state index contributed by atoms with van der Waals surface area (Å²) in [7, 11) is -2.98. The summed E-state index contributed by atoms with van der Waals surface area (Å²) in [5.41, 5.74) is 0.439. The summed E-state index contributed by atoms with van der Waals surface area (Å²) in [6.07, 6.45) is 18.0. The van der Waals surface area contributed by atoms with Gasteiger partial charge in [0.25, 0.3) is 0 Å². The SMILES string of the molecule is C=C(C)C(=O)OC1(/C=C/C)CCS(=O)(=O)CC1.C=C(C)C(=O)OC1(/C=C/C)COC2CCCCC21.C=C(C)C(=O)OC1(C=C(C)C)CC2CCC1O2. The van der Waals surface area contributed by atoms with E-state index in [4.69, 9.17) is 23.7 Å². The molecule has 5 fully saturated rings. The van der Waals surface area contributed by atoms with E-state index in [0.717, 1.165) is 37.7 Å². The molecular weight excluding hydrogens is 685 g/mol. The zero-order valence-corrected chi connectivity index (χ0v) is 33.1. The van der Waals surface area contributed by atoms with Crippen LogP contribution < -0.4 is 0 Å². The fourth-order valence-corrected chi connectivity index (χ4v) is 9.07. The van der Waals surface area contributed by atoms with E-state index in [1.54, 1.807) is 32.9 Å². The van der Waals surface area contributed by atoms with E-state index in [1.165, 1.54) is 12.8 Å². The van der Waals surface area contributed by atoms with Crippen LogP contribution in [0.5, 0.6) is 0 Å². The van der Waals surface area contributed by atoms with Crippen molar-refractivity contribution in [2.45, 2.75) is 141 Å². The molecule has 0 amide bonds. The zero-order valence-electron chi connectivity index (χ0n) is 32.3. The molecule has 4 heterocycles. The minimum atomic E-state index is -2.98. The number of sulfone groups is 1. The fourth-order valence-electron chi connectivity index (χ4n) is 7.55. The van der Waals surface area contributed by atoms with E-state index in [2.05, 4.69) is 19.7 Å². The minimum absolute atomic E-state index is 0.0192. The molecule has 10 nitrogen and oxygen atoms in total. The fraction of sp³-hybridized carbons (Fsp3) is 0.634. The lowest BCUT2D eigenvalue weighted by Gasteiger charge is -2.34. The number of carbonyl (C=O) groups is 3. The summed E-state index contributed by atoms with van der Waals surface area (Å²) >= 11 is 0. The standard InChI is InChI=1S/C15H22O3.C14H20O3.C12H18O4S/c1-4-9-15(18-14(16)11(2)3)10-17-13-8-6-5-7-12(13)15;1-9(2)7-14(17-13(15)10(3)4)8-11-5-6-12(14)16-11;1-4-5-12(16-11(13)10(2)3)6-8-17(14,15)9-7-12/h4,9,12-13H,2,5-8,10H2,1,3H3;7,11-12H,3,5-6,8H2,1-2,4H3;4-5H,2,6-9H2,1,3H3/b9-4+;;5-4+. The van der Waals surface area contributed by atoms with Gasteiger partial charge in [-0.2, -0.15) is 0 Å². The summed E-state index contributed by atoms with van der Waals surface area (Å²) < 4.78 is 51.2. The van der Waals surface area contributed by atoms with Gasteiger partial charge >= 0.3 is 17.9 Å². The van der Waals surface area contributed by atoms with Crippen LogP contribution in [0.2, 0.25) is 0 Å². The lowest BCUT2D eigenvalue weighted by molar-refractivity contribution is -0.155. The van der Waals surface area contributed by atoms with Gasteiger partial charge < -0.3 is 23.7 Å². The van der Waals surface area contributed by atoms with Gasteiger partial charge in [0.05, 0.1) is 30.3 Å². The van der Waals surface area contributed by atoms with E-state index in [0.29, 0.717) is 42.1 Å². The van der Waals surface area contributed by atoms with Crippen molar-refractivity contribution in [3.05, 3.63) is 72.4 Å². The number of allylic oxidation sites excluding steroid dienone is 3. The molecule has 0 N–H and O–H groups in total. The first-order valence-corrected chi connectivity index (χ1v) is 20.2. The van der Waals surface area contributed by atoms with Crippen molar-refractivity contribution >= 4 is 27.7 Å². The molecule has 290 valence electrons. The Labute approximate surface area is 311 Å². The molecule has 6 atom stereocenters. The number of hydrogen-bond acceptors (Lipinski definition) is 10. The molecule has 2 bridgehead atoms. The van der Waals surface area contributed by atoms with Crippen LogP contribution in [-0.4, -0.2) is 79.6 Å². The first-order chi connectivity index (χ1) is 24.3. The molecule has 0 aromatic rings. The Hall–Kier alpha value is -3.28. The largest absolute Gasteiger partial charge is 0.451 e. The van der Waals surface area contributed by atoms with Crippen molar-refractivity contribution < 1.29 is 46.5 Å². The summed E-state index contributed by atoms with van der Waals surface area (Å²) in [5, 5.41) is 0. The lowest BCUT2D eigenvalue weighted by Crippen LogP contribution is -2.43. The molecule has 1 aliphatic carbocycles. The van der Waals surface area contributed by atoms with Gasteiger partial charge in [0.2, 0.25) is 0 Å². The predicted octanol–water partition coefficient (Wildman–Crippen LogP) is 7.40. The average molecular weight is 745 g/mol. The van der Waals surface area contributed by atoms with Gasteiger partial charge in [-0.05, 0) is 92.4 Å². The maximum absolute atomic E-state index is 11.8. The Bertz CT molecular complexity index is 1550. The van der Waals surface area contributed by atoms with Gasteiger partial charge in [-0.3, -0.25) is 0 Å². The quantitative estimate of drug-likeness (QED) is 0.102. The van der Waals surface area contributed by atoms with Gasteiger partial charge in [0.1, 0.15) is 11.7 Å². The van der Waals surface area contributed by atoms with Gasteiger partial charge in [-0.25, -0.2) is 22.8 Å². The number of fused-ring (bicyclic) bond motifs is 3. The first kappa shape index (κ1) is 43.1. The number of ether oxygens (including phenoxy) is 5. The van der Waals surface area contributed by atoms with Crippen molar-refractivity contribution in [2.24, 2.45) is 5.92 Å².